The van der Waals surface area contributed by atoms with E-state index in [2.05, 4.69) is 26.1 Å². The van der Waals surface area contributed by atoms with Crippen LogP contribution in [0.2, 0.25) is 0 Å². The van der Waals surface area contributed by atoms with Gasteiger partial charge in [-0.25, -0.2) is 4.79 Å². The van der Waals surface area contributed by atoms with Crippen LogP contribution >= 0.6 is 0 Å². The Kier molecular flexibility index (Phi) is 5.63. The molecule has 0 aromatic heterocycles. The van der Waals surface area contributed by atoms with Crippen molar-refractivity contribution in [2.75, 3.05) is 19.6 Å². The lowest BCUT2D eigenvalue weighted by molar-refractivity contribution is -0.137. The van der Waals surface area contributed by atoms with Gasteiger partial charge in [-0.3, -0.25) is 4.79 Å². The monoisotopic (exact) mass is 270 g/mol. The molecule has 0 atom stereocenters. The Balaban J connectivity index is 2.23. The number of carboxylic acids is 1. The molecule has 0 saturated carbocycles. The maximum Gasteiger partial charge on any atom is 0.317 e. The number of piperidine rings is 1. The molecule has 1 saturated heterocycles. The van der Waals surface area contributed by atoms with E-state index in [1.807, 2.05) is 4.90 Å². The smallest absolute Gasteiger partial charge is 0.317 e. The molecule has 0 bridgehead atoms. The second-order valence-electron chi connectivity index (χ2n) is 6.36. The number of carbonyl (C=O) groups is 2. The average Bonchev–Trinajstić information content (AvgIpc) is 2.33. The Labute approximate surface area is 115 Å². The number of rotatable bonds is 4. The van der Waals surface area contributed by atoms with E-state index in [4.69, 9.17) is 5.11 Å². The molecule has 2 amide bonds. The maximum absolute atomic E-state index is 11.9. The summed E-state index contributed by atoms with van der Waals surface area (Å²) < 4.78 is 0. The highest BCUT2D eigenvalue weighted by Gasteiger charge is 2.30. The van der Waals surface area contributed by atoms with Gasteiger partial charge in [0.05, 0.1) is 0 Å². The van der Waals surface area contributed by atoms with Crippen molar-refractivity contribution in [2.45, 2.75) is 46.5 Å². The van der Waals surface area contributed by atoms with Crippen LogP contribution < -0.4 is 5.32 Å². The van der Waals surface area contributed by atoms with E-state index in [0.29, 0.717) is 24.3 Å². The lowest BCUT2D eigenvalue weighted by Gasteiger charge is -2.38. The summed E-state index contributed by atoms with van der Waals surface area (Å²) in [5, 5.41) is 11.3. The molecule has 19 heavy (non-hydrogen) atoms. The molecule has 0 aromatic carbocycles. The minimum Gasteiger partial charge on any atom is -0.481 e. The Morgan fingerprint density at radius 1 is 1.26 bits per heavy atom. The molecule has 2 N–H and O–H groups in total. The van der Waals surface area contributed by atoms with E-state index in [1.165, 1.54) is 0 Å². The number of hydrogen-bond acceptors (Lipinski definition) is 2. The summed E-state index contributed by atoms with van der Waals surface area (Å²) in [6.45, 7) is 8.78. The number of nitrogens with one attached hydrogen (secondary N) is 1. The Morgan fingerprint density at radius 2 is 1.84 bits per heavy atom. The molecule has 1 aliphatic heterocycles. The summed E-state index contributed by atoms with van der Waals surface area (Å²) in [5.74, 6) is -0.149. The second-order valence-corrected chi connectivity index (χ2v) is 6.36. The third kappa shape index (κ3) is 5.49. The SMILES string of the molecule is CC(C)(C)C1CCN(C(=O)NCCCC(=O)O)CC1. The minimum atomic E-state index is -0.819. The molecule has 1 rings (SSSR count). The zero-order valence-electron chi connectivity index (χ0n) is 12.2. The van der Waals surface area contributed by atoms with E-state index >= 15 is 0 Å². The first kappa shape index (κ1) is 15.8. The number of carboxylic acid groups (broad SMARTS) is 1. The van der Waals surface area contributed by atoms with Gasteiger partial charge in [0, 0.05) is 26.1 Å². The van der Waals surface area contributed by atoms with Crippen LogP contribution in [0.1, 0.15) is 46.5 Å². The van der Waals surface area contributed by atoms with E-state index < -0.39 is 5.97 Å². The molecule has 5 nitrogen and oxygen atoms in total. The van der Waals surface area contributed by atoms with Crippen molar-refractivity contribution in [1.82, 2.24) is 10.2 Å². The number of amides is 2. The Morgan fingerprint density at radius 3 is 2.32 bits per heavy atom. The van der Waals surface area contributed by atoms with Crippen molar-refractivity contribution in [3.63, 3.8) is 0 Å². The van der Waals surface area contributed by atoms with Crippen LogP contribution in [0, 0.1) is 11.3 Å². The number of likely N-dealkylation sites (tertiary alicyclic amines) is 1. The number of aliphatic carboxylic acids is 1. The molecule has 1 fully saturated rings. The normalized spacial score (nSPS) is 17.3. The lowest BCUT2D eigenvalue weighted by atomic mass is 9.75. The van der Waals surface area contributed by atoms with E-state index in [-0.39, 0.29) is 12.5 Å². The molecule has 1 aliphatic rings. The van der Waals surface area contributed by atoms with Gasteiger partial charge in [0.1, 0.15) is 0 Å². The maximum atomic E-state index is 11.9. The van der Waals surface area contributed by atoms with Gasteiger partial charge in [-0.15, -0.1) is 0 Å². The van der Waals surface area contributed by atoms with Gasteiger partial charge < -0.3 is 15.3 Å². The van der Waals surface area contributed by atoms with Crippen LogP contribution in [0.5, 0.6) is 0 Å². The summed E-state index contributed by atoms with van der Waals surface area (Å²) in [6.07, 6.45) is 2.68. The van der Waals surface area contributed by atoms with Crippen LogP contribution in [0.25, 0.3) is 0 Å². The zero-order chi connectivity index (χ0) is 14.5. The van der Waals surface area contributed by atoms with Crippen molar-refractivity contribution < 1.29 is 14.7 Å². The molecule has 0 aliphatic carbocycles. The quantitative estimate of drug-likeness (QED) is 0.770. The number of hydrogen-bond donors (Lipinski definition) is 2. The molecular weight excluding hydrogens is 244 g/mol. The van der Waals surface area contributed by atoms with Gasteiger partial charge in [-0.05, 0) is 30.6 Å². The summed E-state index contributed by atoms with van der Waals surface area (Å²) in [6, 6.07) is -0.0576. The molecule has 0 spiro atoms. The Hall–Kier alpha value is -1.26. The first-order valence-corrected chi connectivity index (χ1v) is 7.05. The molecule has 0 unspecified atom stereocenters. The fourth-order valence-corrected chi connectivity index (χ4v) is 2.50. The lowest BCUT2D eigenvalue weighted by Crippen LogP contribution is -2.46. The number of carbonyl (C=O) groups excluding carboxylic acids is 1. The average molecular weight is 270 g/mol. The third-order valence-electron chi connectivity index (χ3n) is 3.85. The predicted molar refractivity (Wildman–Crippen MR) is 74.0 cm³/mol. The van der Waals surface area contributed by atoms with Gasteiger partial charge in [-0.1, -0.05) is 20.8 Å². The van der Waals surface area contributed by atoms with Crippen LogP contribution in [0.4, 0.5) is 4.79 Å². The van der Waals surface area contributed by atoms with Crippen molar-refractivity contribution in [2.24, 2.45) is 11.3 Å². The molecule has 110 valence electrons. The van der Waals surface area contributed by atoms with Gasteiger partial charge >= 0.3 is 12.0 Å². The van der Waals surface area contributed by atoms with E-state index in [0.717, 1.165) is 25.9 Å². The van der Waals surface area contributed by atoms with E-state index in [1.54, 1.807) is 0 Å². The Bertz CT molecular complexity index is 315. The van der Waals surface area contributed by atoms with Crippen molar-refractivity contribution >= 4 is 12.0 Å². The minimum absolute atomic E-state index is 0.0576. The highest BCUT2D eigenvalue weighted by molar-refractivity contribution is 5.74. The van der Waals surface area contributed by atoms with Crippen molar-refractivity contribution in [3.05, 3.63) is 0 Å². The molecule has 0 radical (unpaired) electrons. The summed E-state index contributed by atoms with van der Waals surface area (Å²) in [5.41, 5.74) is 0.310. The fraction of sp³-hybridized carbons (Fsp3) is 0.857. The van der Waals surface area contributed by atoms with Gasteiger partial charge in [-0.2, -0.15) is 0 Å². The predicted octanol–water partition coefficient (Wildman–Crippen LogP) is 2.32. The highest BCUT2D eigenvalue weighted by Crippen LogP contribution is 2.34. The number of nitrogens with zero attached hydrogens (tertiary/aromatic N) is 1. The van der Waals surface area contributed by atoms with Crippen LogP contribution in [0.15, 0.2) is 0 Å². The zero-order valence-corrected chi connectivity index (χ0v) is 12.2. The molecule has 0 aromatic rings. The first-order valence-electron chi connectivity index (χ1n) is 7.05. The summed E-state index contributed by atoms with van der Waals surface area (Å²) >= 11 is 0. The van der Waals surface area contributed by atoms with Crippen molar-refractivity contribution in [1.29, 1.82) is 0 Å². The topological polar surface area (TPSA) is 69.6 Å². The second kappa shape index (κ2) is 6.78. The van der Waals surface area contributed by atoms with Crippen LogP contribution in [-0.2, 0) is 4.79 Å². The van der Waals surface area contributed by atoms with Gasteiger partial charge in [0.25, 0.3) is 0 Å². The molecular formula is C14H26N2O3. The fourth-order valence-electron chi connectivity index (χ4n) is 2.50. The van der Waals surface area contributed by atoms with Gasteiger partial charge in [0.2, 0.25) is 0 Å². The van der Waals surface area contributed by atoms with E-state index in [9.17, 15) is 9.59 Å². The van der Waals surface area contributed by atoms with Crippen LogP contribution in [-0.4, -0.2) is 41.6 Å². The highest BCUT2D eigenvalue weighted by atomic mass is 16.4. The number of urea groups is 1. The standard InChI is InChI=1S/C14H26N2O3/c1-14(2,3)11-6-9-16(10-7-11)13(19)15-8-4-5-12(17)18/h11H,4-10H2,1-3H3,(H,15,19)(H,17,18). The van der Waals surface area contributed by atoms with Crippen LogP contribution in [0.3, 0.4) is 0 Å². The first-order chi connectivity index (χ1) is 8.80. The van der Waals surface area contributed by atoms with Crippen molar-refractivity contribution in [3.8, 4) is 0 Å². The van der Waals surface area contributed by atoms with Gasteiger partial charge in [0.15, 0.2) is 0 Å². The largest absolute Gasteiger partial charge is 0.481 e. The summed E-state index contributed by atoms with van der Waals surface area (Å²) in [7, 11) is 0. The molecule has 5 heteroatoms. The molecule has 1 heterocycles. The third-order valence-corrected chi connectivity index (χ3v) is 3.85. The summed E-state index contributed by atoms with van der Waals surface area (Å²) in [4.78, 5) is 24.1.